The maximum atomic E-state index is 2.41. The smallest absolute Gasteiger partial charge is 0.0190 e. The Hall–Kier alpha value is -5.46. The summed E-state index contributed by atoms with van der Waals surface area (Å²) >= 11 is 0. The zero-order valence-electron chi connectivity index (χ0n) is 70.9. The molecule has 98 heavy (non-hydrogen) atoms. The molecular formula is C98H154. The van der Waals surface area contributed by atoms with Crippen LogP contribution in [-0.4, -0.2) is 0 Å². The molecular weight excluding hydrogens is 1180 g/mol. The van der Waals surface area contributed by atoms with Crippen molar-refractivity contribution in [1.82, 2.24) is 0 Å². The highest BCUT2D eigenvalue weighted by atomic mass is 14.2. The number of unbranched alkanes of at least 4 members (excludes halogenated alkanes) is 2. The van der Waals surface area contributed by atoms with Gasteiger partial charge in [-0.05, 0) is 379 Å². The zero-order valence-corrected chi connectivity index (χ0v) is 70.9. The summed E-state index contributed by atoms with van der Waals surface area (Å²) in [5, 5.41) is 0. The van der Waals surface area contributed by atoms with Crippen molar-refractivity contribution in [1.29, 1.82) is 0 Å². The Kier molecular flexibility index (Phi) is 43.3. The Balaban J connectivity index is 0.000000574. The number of hydrogen-bond acceptors (Lipinski definition) is 0. The monoisotopic (exact) mass is 1330 g/mol. The maximum absolute atomic E-state index is 2.41. The molecule has 0 aromatic heterocycles. The van der Waals surface area contributed by atoms with Crippen LogP contribution in [0, 0.1) is 123 Å². The predicted octanol–water partition coefficient (Wildman–Crippen LogP) is 30.1. The largest absolute Gasteiger partial charge is 0.0654 e. The van der Waals surface area contributed by atoms with Crippen LogP contribution < -0.4 is 0 Å². The van der Waals surface area contributed by atoms with E-state index in [1.807, 2.05) is 0 Å². The third-order valence-electron chi connectivity index (χ3n) is 20.8. The SMILES string of the molecule is CCC(C)c1cc(C)c(C(C)CC)cc1C.CCCCc1cc(C)c(CCCC)cc1C.CCCc1cc(C)c(CCC)cc1C.CCc1cc(C)c(CC)cc1C.Cc1cc(C(C)C)c(C)cc1C(C)C.Cc1cc(C)c(C)cc1C.Cc1cc(CC(C)C)c(C)cc1CC(C)C. The highest BCUT2D eigenvalue weighted by Gasteiger charge is 2.15. The topological polar surface area (TPSA) is 0 Å². The van der Waals surface area contributed by atoms with Crippen molar-refractivity contribution in [2.24, 2.45) is 11.8 Å². The molecule has 0 heterocycles. The van der Waals surface area contributed by atoms with E-state index in [4.69, 9.17) is 0 Å². The third-order valence-corrected chi connectivity index (χ3v) is 20.8. The average Bonchev–Trinajstić information content (AvgIpc) is 0.845. The lowest BCUT2D eigenvalue weighted by molar-refractivity contribution is 0.636. The molecule has 0 aliphatic heterocycles. The van der Waals surface area contributed by atoms with Crippen LogP contribution in [0.2, 0.25) is 0 Å². The lowest BCUT2D eigenvalue weighted by atomic mass is 9.86. The summed E-state index contributed by atoms with van der Waals surface area (Å²) in [6, 6.07) is 33.0. The van der Waals surface area contributed by atoms with Gasteiger partial charge in [0, 0.05) is 0 Å². The van der Waals surface area contributed by atoms with Crippen molar-refractivity contribution >= 4 is 0 Å². The van der Waals surface area contributed by atoms with Crippen LogP contribution in [0.15, 0.2) is 84.9 Å². The third kappa shape index (κ3) is 31.2. The van der Waals surface area contributed by atoms with E-state index in [-0.39, 0.29) is 0 Å². The van der Waals surface area contributed by atoms with Crippen LogP contribution in [0.1, 0.15) is 355 Å². The zero-order chi connectivity index (χ0) is 74.8. The number of hydrogen-bond donors (Lipinski definition) is 0. The summed E-state index contributed by atoms with van der Waals surface area (Å²) in [4.78, 5) is 0. The summed E-state index contributed by atoms with van der Waals surface area (Å²) in [7, 11) is 0. The standard InChI is InChI=1S/3C16H26.2C14H22.C12H18.C10H14/c1-11(2)7-15-9-14(6)16(8-12(3)4)10-13(15)5;1-7-11(3)15-9-14(6)16(10-13(15)5)12(4)8-2;1-5-7-9-15-11-14(4)16(10-8-6-2)12-13(15)3;1-9(2)13-7-12(6)14(10(3)4)8-11(13)5;1-5-7-13-9-12(4)14(8-6-2)10-11(13)3;1-5-11-7-10(4)12(6-2)8-9(11)3;1-7-5-9(3)10(4)6-8(7)2/h2*9-12H,7-8H2,1-6H3;11-12H,5-10H2,1-4H3;7-10H,1-6H3;9-10H,5-8H2,1-4H3;7-8H,5-6H2,1-4H3;5-6H,1-4H3. The van der Waals surface area contributed by atoms with Gasteiger partial charge in [-0.25, -0.2) is 0 Å². The van der Waals surface area contributed by atoms with E-state index in [0.717, 1.165) is 24.7 Å². The van der Waals surface area contributed by atoms with Gasteiger partial charge in [0.15, 0.2) is 0 Å². The minimum Gasteiger partial charge on any atom is -0.0654 e. The summed E-state index contributed by atoms with van der Waals surface area (Å²) < 4.78 is 0. The molecule has 0 saturated carbocycles. The second-order valence-corrected chi connectivity index (χ2v) is 31.5. The fraction of sp³-hybridized carbons (Fsp3) is 0.571. The van der Waals surface area contributed by atoms with Crippen LogP contribution in [0.25, 0.3) is 0 Å². The normalized spacial score (nSPS) is 11.5. The lowest BCUT2D eigenvalue weighted by Crippen LogP contribution is -2.02. The van der Waals surface area contributed by atoms with E-state index < -0.39 is 0 Å². The Morgan fingerprint density at radius 1 is 0.214 bits per heavy atom. The first-order chi connectivity index (χ1) is 46.0. The molecule has 546 valence electrons. The van der Waals surface area contributed by atoms with Crippen LogP contribution >= 0.6 is 0 Å². The molecule has 7 aromatic rings. The van der Waals surface area contributed by atoms with Gasteiger partial charge in [-0.3, -0.25) is 0 Å². The first-order valence-corrected chi connectivity index (χ1v) is 39.6. The van der Waals surface area contributed by atoms with E-state index in [1.165, 1.54) is 235 Å². The van der Waals surface area contributed by atoms with Gasteiger partial charge < -0.3 is 0 Å². The molecule has 7 rings (SSSR count). The highest BCUT2D eigenvalue weighted by molar-refractivity contribution is 5.44. The summed E-state index contributed by atoms with van der Waals surface area (Å²) in [6.45, 7) is 76.3. The fourth-order valence-electron chi connectivity index (χ4n) is 13.7. The fourth-order valence-corrected chi connectivity index (χ4v) is 13.7. The van der Waals surface area contributed by atoms with Crippen molar-refractivity contribution in [2.75, 3.05) is 0 Å². The Morgan fingerprint density at radius 3 is 0.673 bits per heavy atom. The molecule has 0 aliphatic rings. The van der Waals surface area contributed by atoms with Crippen molar-refractivity contribution in [3.63, 3.8) is 0 Å². The van der Waals surface area contributed by atoms with Gasteiger partial charge >= 0.3 is 0 Å². The molecule has 0 nitrogen and oxygen atoms in total. The summed E-state index contributed by atoms with van der Waals surface area (Å²) in [5.41, 5.74) is 41.4. The van der Waals surface area contributed by atoms with Gasteiger partial charge in [0.25, 0.3) is 0 Å². The minimum absolute atomic E-state index is 0.634. The maximum Gasteiger partial charge on any atom is -0.0190 e. The van der Waals surface area contributed by atoms with Gasteiger partial charge in [0.2, 0.25) is 0 Å². The molecule has 2 unspecified atom stereocenters. The second-order valence-electron chi connectivity index (χ2n) is 31.5. The predicted molar refractivity (Wildman–Crippen MR) is 448 cm³/mol. The molecule has 0 N–H and O–H groups in total. The van der Waals surface area contributed by atoms with Gasteiger partial charge in [-0.2, -0.15) is 0 Å². The number of aryl methyl sites for hydroxylation is 22. The molecule has 2 atom stereocenters. The van der Waals surface area contributed by atoms with Crippen molar-refractivity contribution in [2.45, 2.75) is 362 Å². The molecule has 0 fully saturated rings. The summed E-state index contributed by atoms with van der Waals surface area (Å²) in [5.74, 6) is 4.13. The van der Waals surface area contributed by atoms with Crippen molar-refractivity contribution < 1.29 is 0 Å². The van der Waals surface area contributed by atoms with E-state index in [9.17, 15) is 0 Å². The Morgan fingerprint density at radius 2 is 0.439 bits per heavy atom. The Bertz CT molecular complexity index is 3180. The first-order valence-electron chi connectivity index (χ1n) is 39.6. The molecule has 0 amide bonds. The molecule has 0 radical (unpaired) electrons. The van der Waals surface area contributed by atoms with E-state index >= 15 is 0 Å². The van der Waals surface area contributed by atoms with E-state index in [0.29, 0.717) is 23.7 Å². The molecule has 0 aliphatic carbocycles. The first kappa shape index (κ1) is 90.6. The van der Waals surface area contributed by atoms with Gasteiger partial charge in [0.05, 0.1) is 0 Å². The molecule has 0 saturated heterocycles. The van der Waals surface area contributed by atoms with Gasteiger partial charge in [0.1, 0.15) is 0 Å². The van der Waals surface area contributed by atoms with Gasteiger partial charge in [-0.15, -0.1) is 0 Å². The number of rotatable bonds is 22. The Labute approximate surface area is 610 Å². The molecule has 0 spiro atoms. The second kappa shape index (κ2) is 46.9. The molecule has 0 heteroatoms. The quantitative estimate of drug-likeness (QED) is 0.0634. The minimum atomic E-state index is 0.634. The van der Waals surface area contributed by atoms with Crippen LogP contribution in [0.5, 0.6) is 0 Å². The van der Waals surface area contributed by atoms with Crippen LogP contribution in [0.4, 0.5) is 0 Å². The average molecular weight is 1330 g/mol. The van der Waals surface area contributed by atoms with Crippen molar-refractivity contribution in [3.05, 3.63) is 241 Å². The number of benzene rings is 7. The van der Waals surface area contributed by atoms with Crippen LogP contribution in [0.3, 0.4) is 0 Å². The van der Waals surface area contributed by atoms with Crippen molar-refractivity contribution in [3.8, 4) is 0 Å². The van der Waals surface area contributed by atoms with Gasteiger partial charge in [-0.1, -0.05) is 235 Å². The molecule has 0 bridgehead atoms. The van der Waals surface area contributed by atoms with Crippen LogP contribution in [-0.2, 0) is 51.4 Å². The lowest BCUT2D eigenvalue weighted by Gasteiger charge is -2.19. The van der Waals surface area contributed by atoms with E-state index in [2.05, 4.69) is 320 Å². The molecule has 7 aromatic carbocycles. The summed E-state index contributed by atoms with van der Waals surface area (Å²) in [6.07, 6.45) is 19.8. The highest BCUT2D eigenvalue weighted by Crippen LogP contribution is 2.32. The van der Waals surface area contributed by atoms with E-state index in [1.54, 1.807) is 11.1 Å².